The second kappa shape index (κ2) is 5.35. The molecule has 2 aromatic rings. The molecule has 1 atom stereocenters. The second-order valence-electron chi connectivity index (χ2n) is 5.03. The molecular formula is C13H21N5. The van der Waals surface area contributed by atoms with E-state index in [1.165, 1.54) is 0 Å². The van der Waals surface area contributed by atoms with Gasteiger partial charge < -0.3 is 10.6 Å². The first-order valence-electron chi connectivity index (χ1n) is 6.34. The van der Waals surface area contributed by atoms with Crippen LogP contribution >= 0.6 is 0 Å². The average molecular weight is 247 g/mol. The summed E-state index contributed by atoms with van der Waals surface area (Å²) in [4.78, 5) is 6.56. The molecule has 0 spiro atoms. The van der Waals surface area contributed by atoms with Crippen molar-refractivity contribution in [2.45, 2.75) is 26.3 Å². The van der Waals surface area contributed by atoms with Gasteiger partial charge >= 0.3 is 0 Å². The van der Waals surface area contributed by atoms with E-state index in [1.807, 2.05) is 23.8 Å². The van der Waals surface area contributed by atoms with Gasteiger partial charge in [0.1, 0.15) is 5.52 Å². The lowest BCUT2D eigenvalue weighted by Gasteiger charge is -2.22. The molecule has 0 saturated carbocycles. The Balaban J connectivity index is 2.09. The molecule has 5 nitrogen and oxygen atoms in total. The molecule has 18 heavy (non-hydrogen) atoms. The van der Waals surface area contributed by atoms with Gasteiger partial charge in [0.05, 0.1) is 6.20 Å². The van der Waals surface area contributed by atoms with Crippen molar-refractivity contribution in [2.75, 3.05) is 18.5 Å². The Labute approximate surface area is 108 Å². The summed E-state index contributed by atoms with van der Waals surface area (Å²) in [5, 5.41) is 4.21. The molecule has 1 unspecified atom stereocenters. The van der Waals surface area contributed by atoms with Crippen molar-refractivity contribution < 1.29 is 0 Å². The molecule has 0 aliphatic heterocycles. The lowest BCUT2D eigenvalue weighted by Crippen LogP contribution is -2.32. The maximum Gasteiger partial charge on any atom is 0.154 e. The van der Waals surface area contributed by atoms with Gasteiger partial charge in [0.2, 0.25) is 0 Å². The Bertz CT molecular complexity index is 505. The predicted molar refractivity (Wildman–Crippen MR) is 73.7 cm³/mol. The SMILES string of the molecule is CC(C)C(N)CCN(C)c1nccn2nccc12. The van der Waals surface area contributed by atoms with Crippen molar-refractivity contribution in [3.63, 3.8) is 0 Å². The first kappa shape index (κ1) is 12.8. The summed E-state index contributed by atoms with van der Waals surface area (Å²) in [6, 6.07) is 2.21. The average Bonchev–Trinajstić information content (AvgIpc) is 2.83. The zero-order valence-electron chi connectivity index (χ0n) is 11.2. The monoisotopic (exact) mass is 247 g/mol. The normalized spacial score (nSPS) is 13.2. The molecule has 0 aromatic carbocycles. The minimum Gasteiger partial charge on any atom is -0.358 e. The maximum atomic E-state index is 6.07. The molecule has 0 fully saturated rings. The van der Waals surface area contributed by atoms with Crippen LogP contribution in [0.4, 0.5) is 5.82 Å². The second-order valence-corrected chi connectivity index (χ2v) is 5.03. The van der Waals surface area contributed by atoms with E-state index in [1.54, 1.807) is 12.4 Å². The fourth-order valence-corrected chi connectivity index (χ4v) is 1.92. The lowest BCUT2D eigenvalue weighted by molar-refractivity contribution is 0.466. The van der Waals surface area contributed by atoms with E-state index in [0.29, 0.717) is 5.92 Å². The summed E-state index contributed by atoms with van der Waals surface area (Å²) in [5.74, 6) is 1.46. The maximum absolute atomic E-state index is 6.07. The fraction of sp³-hybridized carbons (Fsp3) is 0.538. The zero-order valence-corrected chi connectivity index (χ0v) is 11.2. The summed E-state index contributed by atoms with van der Waals surface area (Å²) in [6.45, 7) is 5.21. The summed E-state index contributed by atoms with van der Waals surface area (Å²) in [5.41, 5.74) is 7.10. The Morgan fingerprint density at radius 3 is 2.89 bits per heavy atom. The van der Waals surface area contributed by atoms with Gasteiger partial charge in [-0.3, -0.25) is 0 Å². The molecule has 98 valence electrons. The van der Waals surface area contributed by atoms with Crippen molar-refractivity contribution >= 4 is 11.3 Å². The number of fused-ring (bicyclic) bond motifs is 1. The third-order valence-corrected chi connectivity index (χ3v) is 3.32. The van der Waals surface area contributed by atoms with Crippen molar-refractivity contribution in [1.82, 2.24) is 14.6 Å². The van der Waals surface area contributed by atoms with Gasteiger partial charge in [-0.1, -0.05) is 13.8 Å². The number of rotatable bonds is 5. The smallest absolute Gasteiger partial charge is 0.154 e. The van der Waals surface area contributed by atoms with E-state index in [4.69, 9.17) is 5.73 Å². The first-order chi connectivity index (χ1) is 8.59. The van der Waals surface area contributed by atoms with Gasteiger partial charge in [-0.2, -0.15) is 5.10 Å². The Morgan fingerprint density at radius 1 is 1.39 bits per heavy atom. The molecule has 0 aliphatic carbocycles. The zero-order chi connectivity index (χ0) is 13.1. The Hall–Kier alpha value is -1.62. The number of hydrogen-bond acceptors (Lipinski definition) is 4. The van der Waals surface area contributed by atoms with E-state index in [2.05, 4.69) is 28.8 Å². The molecule has 0 aliphatic rings. The van der Waals surface area contributed by atoms with E-state index >= 15 is 0 Å². The highest BCUT2D eigenvalue weighted by atomic mass is 15.3. The number of anilines is 1. The van der Waals surface area contributed by atoms with E-state index in [9.17, 15) is 0 Å². The van der Waals surface area contributed by atoms with Crippen molar-refractivity contribution in [1.29, 1.82) is 0 Å². The topological polar surface area (TPSA) is 59.5 Å². The van der Waals surface area contributed by atoms with Crippen LogP contribution < -0.4 is 10.6 Å². The summed E-state index contributed by atoms with van der Waals surface area (Å²) in [6.07, 6.45) is 6.37. The predicted octanol–water partition coefficient (Wildman–Crippen LogP) is 1.54. The Morgan fingerprint density at radius 2 is 2.17 bits per heavy atom. The number of hydrogen-bond donors (Lipinski definition) is 1. The van der Waals surface area contributed by atoms with Gasteiger partial charge in [-0.25, -0.2) is 9.50 Å². The van der Waals surface area contributed by atoms with E-state index in [-0.39, 0.29) is 6.04 Å². The summed E-state index contributed by atoms with van der Waals surface area (Å²) in [7, 11) is 2.04. The number of nitrogens with zero attached hydrogens (tertiary/aromatic N) is 4. The largest absolute Gasteiger partial charge is 0.358 e. The molecule has 0 saturated heterocycles. The van der Waals surface area contributed by atoms with Crippen LogP contribution in [0, 0.1) is 5.92 Å². The molecule has 0 bridgehead atoms. The molecule has 2 aromatic heterocycles. The van der Waals surface area contributed by atoms with Crippen LogP contribution in [0.1, 0.15) is 20.3 Å². The molecule has 2 N–H and O–H groups in total. The molecule has 2 heterocycles. The van der Waals surface area contributed by atoms with Crippen LogP contribution in [0.15, 0.2) is 24.7 Å². The molecule has 0 radical (unpaired) electrons. The van der Waals surface area contributed by atoms with E-state index < -0.39 is 0 Å². The van der Waals surface area contributed by atoms with Crippen molar-refractivity contribution in [3.8, 4) is 0 Å². The van der Waals surface area contributed by atoms with Crippen molar-refractivity contribution in [3.05, 3.63) is 24.7 Å². The van der Waals surface area contributed by atoms with Gasteiger partial charge in [0.15, 0.2) is 5.82 Å². The summed E-state index contributed by atoms with van der Waals surface area (Å²) < 4.78 is 1.83. The molecule has 2 rings (SSSR count). The minimum atomic E-state index is 0.233. The first-order valence-corrected chi connectivity index (χ1v) is 6.34. The van der Waals surface area contributed by atoms with Crippen LogP contribution in [-0.2, 0) is 0 Å². The summed E-state index contributed by atoms with van der Waals surface area (Å²) >= 11 is 0. The van der Waals surface area contributed by atoms with E-state index in [0.717, 1.165) is 24.3 Å². The highest BCUT2D eigenvalue weighted by Crippen LogP contribution is 2.17. The standard InChI is InChI=1S/C13H21N5/c1-10(2)11(14)5-8-17(3)13-12-4-6-16-18(12)9-7-15-13/h4,6-7,9-11H,5,8,14H2,1-3H3. The molecular weight excluding hydrogens is 226 g/mol. The number of aromatic nitrogens is 3. The minimum absolute atomic E-state index is 0.233. The van der Waals surface area contributed by atoms with Crippen LogP contribution in [0.3, 0.4) is 0 Å². The number of nitrogens with two attached hydrogens (primary N) is 1. The van der Waals surface area contributed by atoms with Crippen LogP contribution in [0.25, 0.3) is 5.52 Å². The molecule has 5 heteroatoms. The third kappa shape index (κ3) is 2.61. The van der Waals surface area contributed by atoms with Gasteiger partial charge in [-0.15, -0.1) is 0 Å². The van der Waals surface area contributed by atoms with Crippen LogP contribution in [0.5, 0.6) is 0 Å². The highest BCUT2D eigenvalue weighted by molar-refractivity contribution is 5.67. The third-order valence-electron chi connectivity index (χ3n) is 3.32. The van der Waals surface area contributed by atoms with Gasteiger partial charge in [-0.05, 0) is 18.4 Å². The Kier molecular flexibility index (Phi) is 3.81. The van der Waals surface area contributed by atoms with Crippen LogP contribution in [0.2, 0.25) is 0 Å². The fourth-order valence-electron chi connectivity index (χ4n) is 1.92. The highest BCUT2D eigenvalue weighted by Gasteiger charge is 2.12. The lowest BCUT2D eigenvalue weighted by atomic mass is 10.0. The van der Waals surface area contributed by atoms with Gasteiger partial charge in [0.25, 0.3) is 0 Å². The van der Waals surface area contributed by atoms with Crippen molar-refractivity contribution in [2.24, 2.45) is 11.7 Å². The van der Waals surface area contributed by atoms with Crippen LogP contribution in [-0.4, -0.2) is 34.2 Å². The quantitative estimate of drug-likeness (QED) is 0.870. The van der Waals surface area contributed by atoms with Gasteiger partial charge in [0, 0.05) is 32.0 Å². The molecule has 0 amide bonds.